The molecule has 4 aromatic rings. The molecule has 5 nitrogen and oxygen atoms in total. The molecule has 1 heterocycles. The zero-order valence-corrected chi connectivity index (χ0v) is 17.6. The van der Waals surface area contributed by atoms with Gasteiger partial charge in [0.15, 0.2) is 0 Å². The van der Waals surface area contributed by atoms with Crippen LogP contribution in [0, 0.1) is 0 Å². The van der Waals surface area contributed by atoms with Crippen LogP contribution in [-0.4, -0.2) is 24.0 Å². The molecule has 0 spiro atoms. The normalized spacial score (nSPS) is 10.6. The number of amides is 1. The lowest BCUT2D eigenvalue weighted by atomic mass is 10.0. The third kappa shape index (κ3) is 4.09. The van der Waals surface area contributed by atoms with Crippen LogP contribution in [0.3, 0.4) is 0 Å². The van der Waals surface area contributed by atoms with Crippen molar-refractivity contribution in [3.63, 3.8) is 0 Å². The first-order chi connectivity index (χ1) is 14.5. The lowest BCUT2D eigenvalue weighted by Crippen LogP contribution is -2.14. The predicted molar refractivity (Wildman–Crippen MR) is 121 cm³/mol. The average Bonchev–Trinajstić information content (AvgIpc) is 2.78. The first-order valence-corrected chi connectivity index (χ1v) is 10.00. The van der Waals surface area contributed by atoms with E-state index in [9.17, 15) is 9.59 Å². The topological polar surface area (TPSA) is 68.3 Å². The summed E-state index contributed by atoms with van der Waals surface area (Å²) in [6.07, 6.45) is 0. The fourth-order valence-electron chi connectivity index (χ4n) is 3.18. The van der Waals surface area contributed by atoms with Gasteiger partial charge < -0.3 is 10.1 Å². The fraction of sp³-hybridized carbons (Fsp3) is 0.0417. The van der Waals surface area contributed by atoms with E-state index in [1.807, 2.05) is 48.5 Å². The molecule has 0 atom stereocenters. The van der Waals surface area contributed by atoms with Gasteiger partial charge in [-0.15, -0.1) is 0 Å². The molecule has 30 heavy (non-hydrogen) atoms. The third-order valence-electron chi connectivity index (χ3n) is 4.63. The maximum Gasteiger partial charge on any atom is 0.337 e. The Bertz CT molecular complexity index is 1260. The van der Waals surface area contributed by atoms with Crippen LogP contribution in [-0.2, 0) is 4.74 Å². The van der Waals surface area contributed by atoms with Crippen molar-refractivity contribution in [2.24, 2.45) is 0 Å². The Hall–Kier alpha value is -3.51. The number of ether oxygens (including phenoxy) is 1. The van der Waals surface area contributed by atoms with Crippen molar-refractivity contribution < 1.29 is 14.3 Å². The number of carbonyl (C=O) groups is 2. The summed E-state index contributed by atoms with van der Waals surface area (Å²) < 4.78 is 5.60. The maximum atomic E-state index is 13.2. The van der Waals surface area contributed by atoms with Crippen molar-refractivity contribution in [1.82, 2.24) is 4.98 Å². The molecule has 4 rings (SSSR count). The molecule has 1 aromatic heterocycles. The molecule has 0 aliphatic heterocycles. The number of aromatic nitrogens is 1. The lowest BCUT2D eigenvalue weighted by molar-refractivity contribution is 0.0600. The highest BCUT2D eigenvalue weighted by Gasteiger charge is 2.15. The van der Waals surface area contributed by atoms with Crippen LogP contribution in [0.1, 0.15) is 20.7 Å². The van der Waals surface area contributed by atoms with Crippen LogP contribution >= 0.6 is 15.9 Å². The van der Waals surface area contributed by atoms with Gasteiger partial charge in [0.25, 0.3) is 5.91 Å². The van der Waals surface area contributed by atoms with E-state index >= 15 is 0 Å². The molecule has 0 fully saturated rings. The molecule has 6 heteroatoms. The number of hydrogen-bond donors (Lipinski definition) is 1. The Morgan fingerprint density at radius 3 is 2.50 bits per heavy atom. The number of nitrogens with zero attached hydrogens (tertiary/aromatic N) is 1. The number of rotatable bonds is 4. The zero-order chi connectivity index (χ0) is 21.1. The van der Waals surface area contributed by atoms with Crippen molar-refractivity contribution in [3.8, 4) is 11.3 Å². The Labute approximate surface area is 181 Å². The minimum atomic E-state index is -0.462. The van der Waals surface area contributed by atoms with Crippen LogP contribution in [0.5, 0.6) is 0 Å². The second kappa shape index (κ2) is 8.47. The maximum absolute atomic E-state index is 13.2. The zero-order valence-electron chi connectivity index (χ0n) is 16.1. The minimum Gasteiger partial charge on any atom is -0.465 e. The van der Waals surface area contributed by atoms with E-state index in [4.69, 9.17) is 9.72 Å². The number of benzene rings is 3. The third-order valence-corrected chi connectivity index (χ3v) is 5.12. The highest BCUT2D eigenvalue weighted by atomic mass is 79.9. The number of anilines is 1. The van der Waals surface area contributed by atoms with E-state index < -0.39 is 5.97 Å². The van der Waals surface area contributed by atoms with Crippen LogP contribution in [0.25, 0.3) is 22.2 Å². The molecule has 0 aliphatic rings. The molecule has 0 bridgehead atoms. The van der Waals surface area contributed by atoms with Gasteiger partial charge >= 0.3 is 5.97 Å². The molecular formula is C24H17BrN2O3. The van der Waals surface area contributed by atoms with Crippen molar-refractivity contribution in [1.29, 1.82) is 0 Å². The Morgan fingerprint density at radius 1 is 0.933 bits per heavy atom. The summed E-state index contributed by atoms with van der Waals surface area (Å²) in [5, 5.41) is 3.61. The molecule has 1 N–H and O–H groups in total. The van der Waals surface area contributed by atoms with Crippen LogP contribution in [0.4, 0.5) is 5.69 Å². The second-order valence-electron chi connectivity index (χ2n) is 6.61. The van der Waals surface area contributed by atoms with Gasteiger partial charge in [-0.3, -0.25) is 4.79 Å². The summed E-state index contributed by atoms with van der Waals surface area (Å²) in [6.45, 7) is 0. The van der Waals surface area contributed by atoms with Crippen LogP contribution in [0.15, 0.2) is 83.3 Å². The van der Waals surface area contributed by atoms with Gasteiger partial charge in [-0.25, -0.2) is 9.78 Å². The van der Waals surface area contributed by atoms with Crippen LogP contribution in [0.2, 0.25) is 0 Å². The number of pyridine rings is 1. The Kier molecular flexibility index (Phi) is 5.59. The monoisotopic (exact) mass is 460 g/mol. The van der Waals surface area contributed by atoms with Gasteiger partial charge in [0.05, 0.1) is 29.4 Å². The highest BCUT2D eigenvalue weighted by Crippen LogP contribution is 2.28. The summed E-state index contributed by atoms with van der Waals surface area (Å²) in [6, 6.07) is 23.8. The number of methoxy groups -OCH3 is 1. The Balaban J connectivity index is 1.78. The Morgan fingerprint density at radius 2 is 1.73 bits per heavy atom. The average molecular weight is 461 g/mol. The summed E-state index contributed by atoms with van der Waals surface area (Å²) in [5.41, 5.74) is 3.70. The van der Waals surface area contributed by atoms with E-state index in [1.54, 1.807) is 30.3 Å². The number of nitrogens with one attached hydrogen (secondary N) is 1. The predicted octanol–water partition coefficient (Wildman–Crippen LogP) is 5.70. The highest BCUT2D eigenvalue weighted by molar-refractivity contribution is 9.10. The van der Waals surface area contributed by atoms with Crippen molar-refractivity contribution in [2.75, 3.05) is 12.4 Å². The quantitative estimate of drug-likeness (QED) is 0.396. The van der Waals surface area contributed by atoms with Gasteiger partial charge in [0.2, 0.25) is 0 Å². The summed E-state index contributed by atoms with van der Waals surface area (Å²) in [7, 11) is 1.32. The van der Waals surface area contributed by atoms with Gasteiger partial charge in [-0.1, -0.05) is 52.3 Å². The number of carbonyl (C=O) groups excluding carboxylic acids is 2. The van der Waals surface area contributed by atoms with Crippen molar-refractivity contribution in [3.05, 3.63) is 94.5 Å². The SMILES string of the molecule is COC(=O)c1cccc(NC(=O)c2cc(-c3ccccc3)nc3ccc(Br)cc23)c1. The molecule has 148 valence electrons. The molecule has 3 aromatic carbocycles. The smallest absolute Gasteiger partial charge is 0.337 e. The standard InChI is InChI=1S/C24H17BrN2O3/c1-30-24(29)16-8-5-9-18(12-16)26-23(28)20-14-22(15-6-3-2-4-7-15)27-21-11-10-17(25)13-19(20)21/h2-14H,1H3,(H,26,28). The van der Waals surface area contributed by atoms with Gasteiger partial charge in [-0.05, 0) is 42.5 Å². The summed E-state index contributed by atoms with van der Waals surface area (Å²) in [5.74, 6) is -0.754. The van der Waals surface area contributed by atoms with E-state index in [0.29, 0.717) is 28.0 Å². The first-order valence-electron chi connectivity index (χ1n) is 9.20. The van der Waals surface area contributed by atoms with Crippen molar-refractivity contribution in [2.45, 2.75) is 0 Å². The second-order valence-corrected chi connectivity index (χ2v) is 7.52. The van der Waals surface area contributed by atoms with Gasteiger partial charge in [-0.2, -0.15) is 0 Å². The largest absolute Gasteiger partial charge is 0.465 e. The first kappa shape index (κ1) is 19.8. The van der Waals surface area contributed by atoms with E-state index in [1.165, 1.54) is 7.11 Å². The number of esters is 1. The molecule has 0 unspecified atom stereocenters. The van der Waals surface area contributed by atoms with Gasteiger partial charge in [0, 0.05) is 21.1 Å². The molecule has 1 amide bonds. The molecule has 0 radical (unpaired) electrons. The summed E-state index contributed by atoms with van der Waals surface area (Å²) in [4.78, 5) is 29.7. The van der Waals surface area contributed by atoms with E-state index in [2.05, 4.69) is 21.2 Å². The van der Waals surface area contributed by atoms with Gasteiger partial charge in [0.1, 0.15) is 0 Å². The molecule has 0 saturated carbocycles. The molecule has 0 saturated heterocycles. The van der Waals surface area contributed by atoms with E-state index in [-0.39, 0.29) is 5.91 Å². The number of hydrogen-bond acceptors (Lipinski definition) is 4. The van der Waals surface area contributed by atoms with E-state index in [0.717, 1.165) is 15.4 Å². The summed E-state index contributed by atoms with van der Waals surface area (Å²) >= 11 is 3.47. The fourth-order valence-corrected chi connectivity index (χ4v) is 3.54. The number of halogens is 1. The van der Waals surface area contributed by atoms with Crippen molar-refractivity contribution >= 4 is 44.4 Å². The number of fused-ring (bicyclic) bond motifs is 1. The lowest BCUT2D eigenvalue weighted by Gasteiger charge is -2.12. The minimum absolute atomic E-state index is 0.292. The molecular weight excluding hydrogens is 444 g/mol. The van der Waals surface area contributed by atoms with Crippen LogP contribution < -0.4 is 5.32 Å². The molecule has 0 aliphatic carbocycles.